The predicted octanol–water partition coefficient (Wildman–Crippen LogP) is 2.94. The second-order valence-electron chi connectivity index (χ2n) is 3.89. The lowest BCUT2D eigenvalue weighted by Gasteiger charge is -2.09. The molecule has 0 fully saturated rings. The minimum absolute atomic E-state index is 0.425. The Morgan fingerprint density at radius 3 is 2.20 bits per heavy atom. The highest BCUT2D eigenvalue weighted by Gasteiger charge is 2.11. The summed E-state index contributed by atoms with van der Waals surface area (Å²) >= 11 is 0. The summed E-state index contributed by atoms with van der Waals surface area (Å²) in [7, 11) is -4.27. The van der Waals surface area contributed by atoms with Gasteiger partial charge in [-0.15, -0.1) is 0 Å². The van der Waals surface area contributed by atoms with Gasteiger partial charge in [-0.3, -0.25) is 4.55 Å². The van der Waals surface area contributed by atoms with Crippen LogP contribution in [-0.2, 0) is 14.6 Å². The maximum Gasteiger partial charge on any atom is 0.397 e. The summed E-state index contributed by atoms with van der Waals surface area (Å²) in [4.78, 5) is 0. The third-order valence-electron chi connectivity index (χ3n) is 2.25. The van der Waals surface area contributed by atoms with Gasteiger partial charge in [0.1, 0.15) is 0 Å². The van der Waals surface area contributed by atoms with Crippen molar-refractivity contribution in [2.45, 2.75) is 64.9 Å². The van der Waals surface area contributed by atoms with Crippen LogP contribution in [0, 0.1) is 0 Å². The molecule has 1 atom stereocenters. The van der Waals surface area contributed by atoms with Crippen LogP contribution in [0.25, 0.3) is 0 Å². The van der Waals surface area contributed by atoms with E-state index in [9.17, 15) is 8.42 Å². The molecule has 0 heterocycles. The van der Waals surface area contributed by atoms with E-state index in [1.54, 1.807) is 6.92 Å². The molecule has 0 aliphatic heterocycles. The third kappa shape index (κ3) is 11.8. The molecule has 0 bridgehead atoms. The van der Waals surface area contributed by atoms with Crippen molar-refractivity contribution >= 4 is 10.4 Å². The molecule has 0 radical (unpaired) electrons. The summed E-state index contributed by atoms with van der Waals surface area (Å²) in [6.45, 7) is 3.82. The van der Waals surface area contributed by atoms with E-state index in [-0.39, 0.29) is 0 Å². The van der Waals surface area contributed by atoms with Crippen molar-refractivity contribution in [1.82, 2.24) is 0 Å². The first-order valence-corrected chi connectivity index (χ1v) is 6.98. The molecular weight excluding hydrogens is 216 g/mol. The molecule has 5 heteroatoms. The van der Waals surface area contributed by atoms with E-state index in [1.807, 2.05) is 0 Å². The Bertz CT molecular complexity index is 236. The molecule has 15 heavy (non-hydrogen) atoms. The number of rotatable bonds is 9. The highest BCUT2D eigenvalue weighted by atomic mass is 32.3. The highest BCUT2D eigenvalue weighted by Crippen LogP contribution is 2.11. The Balaban J connectivity index is 3.36. The van der Waals surface area contributed by atoms with Crippen molar-refractivity contribution in [1.29, 1.82) is 0 Å². The molecule has 0 saturated carbocycles. The van der Waals surface area contributed by atoms with Gasteiger partial charge in [-0.25, -0.2) is 4.18 Å². The molecule has 0 unspecified atom stereocenters. The molecule has 0 aliphatic carbocycles. The van der Waals surface area contributed by atoms with Gasteiger partial charge in [-0.1, -0.05) is 45.4 Å². The first-order valence-electron chi connectivity index (χ1n) is 5.61. The van der Waals surface area contributed by atoms with E-state index in [0.29, 0.717) is 6.42 Å². The third-order valence-corrected chi connectivity index (χ3v) is 2.82. The Morgan fingerprint density at radius 1 is 1.13 bits per heavy atom. The monoisotopic (exact) mass is 238 g/mol. The summed E-state index contributed by atoms with van der Waals surface area (Å²) in [5.41, 5.74) is 0. The smallest absolute Gasteiger partial charge is 0.264 e. The van der Waals surface area contributed by atoms with Crippen molar-refractivity contribution in [3.05, 3.63) is 0 Å². The average molecular weight is 238 g/mol. The van der Waals surface area contributed by atoms with Gasteiger partial charge >= 0.3 is 10.4 Å². The fourth-order valence-corrected chi connectivity index (χ4v) is 1.98. The Kier molecular flexibility index (Phi) is 8.00. The van der Waals surface area contributed by atoms with Crippen LogP contribution >= 0.6 is 0 Å². The lowest BCUT2D eigenvalue weighted by atomic mass is 10.1. The van der Waals surface area contributed by atoms with Gasteiger partial charge in [0.2, 0.25) is 0 Å². The van der Waals surface area contributed by atoms with Gasteiger partial charge in [0, 0.05) is 0 Å². The van der Waals surface area contributed by atoms with Crippen molar-refractivity contribution in [2.24, 2.45) is 0 Å². The van der Waals surface area contributed by atoms with Crippen LogP contribution in [-0.4, -0.2) is 19.1 Å². The van der Waals surface area contributed by atoms with Gasteiger partial charge in [0.15, 0.2) is 0 Å². The molecule has 0 aromatic carbocycles. The van der Waals surface area contributed by atoms with Crippen LogP contribution in [0.5, 0.6) is 0 Å². The Hall–Kier alpha value is -0.130. The Morgan fingerprint density at radius 2 is 1.67 bits per heavy atom. The van der Waals surface area contributed by atoms with Crippen molar-refractivity contribution in [3.63, 3.8) is 0 Å². The van der Waals surface area contributed by atoms with Crippen LogP contribution in [0.3, 0.4) is 0 Å². The van der Waals surface area contributed by atoms with Crippen molar-refractivity contribution < 1.29 is 17.2 Å². The SMILES string of the molecule is CCCCCCCC[C@H](C)OS(=O)(=O)O. The van der Waals surface area contributed by atoms with Gasteiger partial charge < -0.3 is 0 Å². The van der Waals surface area contributed by atoms with Gasteiger partial charge in [-0.2, -0.15) is 8.42 Å². The lowest BCUT2D eigenvalue weighted by molar-refractivity contribution is 0.185. The molecule has 0 aromatic heterocycles. The van der Waals surface area contributed by atoms with E-state index < -0.39 is 16.5 Å². The summed E-state index contributed by atoms with van der Waals surface area (Å²) in [6.07, 6.45) is 7.20. The molecule has 0 aromatic rings. The lowest BCUT2D eigenvalue weighted by Crippen LogP contribution is -2.14. The van der Waals surface area contributed by atoms with E-state index >= 15 is 0 Å². The topological polar surface area (TPSA) is 63.6 Å². The Labute approximate surface area is 93.0 Å². The van der Waals surface area contributed by atoms with Crippen LogP contribution < -0.4 is 0 Å². The molecule has 0 rings (SSSR count). The summed E-state index contributed by atoms with van der Waals surface area (Å²) in [6, 6.07) is 0. The minimum atomic E-state index is -4.27. The number of hydrogen-bond acceptors (Lipinski definition) is 3. The normalized spacial score (nSPS) is 14.1. The minimum Gasteiger partial charge on any atom is -0.264 e. The van der Waals surface area contributed by atoms with Gasteiger partial charge in [-0.05, 0) is 13.3 Å². The second-order valence-corrected chi connectivity index (χ2v) is 4.94. The molecule has 0 amide bonds. The fraction of sp³-hybridized carbons (Fsp3) is 1.00. The second kappa shape index (κ2) is 8.07. The molecule has 0 aliphatic rings. The molecule has 0 spiro atoms. The van der Waals surface area contributed by atoms with Crippen LogP contribution in [0.1, 0.15) is 58.8 Å². The fourth-order valence-electron chi connectivity index (χ4n) is 1.47. The highest BCUT2D eigenvalue weighted by molar-refractivity contribution is 7.80. The number of unbranched alkanes of at least 4 members (excludes halogenated alkanes) is 5. The summed E-state index contributed by atoms with van der Waals surface area (Å²) in [5.74, 6) is 0. The van der Waals surface area contributed by atoms with Gasteiger partial charge in [0.05, 0.1) is 6.10 Å². The van der Waals surface area contributed by atoms with Gasteiger partial charge in [0.25, 0.3) is 0 Å². The average Bonchev–Trinajstić information content (AvgIpc) is 2.08. The first kappa shape index (κ1) is 14.9. The molecular formula is C10H22O4S. The zero-order valence-electron chi connectivity index (χ0n) is 9.61. The molecule has 1 N–H and O–H groups in total. The van der Waals surface area contributed by atoms with E-state index in [1.165, 1.54) is 25.7 Å². The molecule has 4 nitrogen and oxygen atoms in total. The quantitative estimate of drug-likeness (QED) is 0.495. The largest absolute Gasteiger partial charge is 0.397 e. The van der Waals surface area contributed by atoms with Crippen molar-refractivity contribution in [3.8, 4) is 0 Å². The van der Waals surface area contributed by atoms with Crippen molar-refractivity contribution in [2.75, 3.05) is 0 Å². The van der Waals surface area contributed by atoms with Crippen LogP contribution in [0.2, 0.25) is 0 Å². The van der Waals surface area contributed by atoms with Crippen LogP contribution in [0.4, 0.5) is 0 Å². The summed E-state index contributed by atoms with van der Waals surface area (Å²) in [5, 5.41) is 0. The molecule has 92 valence electrons. The van der Waals surface area contributed by atoms with Crippen LogP contribution in [0.15, 0.2) is 0 Å². The standard InChI is InChI=1S/C10H22O4S/c1-3-4-5-6-7-8-9-10(2)14-15(11,12)13/h10H,3-9H2,1-2H3,(H,11,12,13)/t10-/m0/s1. The van der Waals surface area contributed by atoms with E-state index in [0.717, 1.165) is 12.8 Å². The maximum absolute atomic E-state index is 10.3. The van der Waals surface area contributed by atoms with E-state index in [4.69, 9.17) is 4.55 Å². The maximum atomic E-state index is 10.3. The number of hydrogen-bond donors (Lipinski definition) is 1. The predicted molar refractivity (Wildman–Crippen MR) is 60.1 cm³/mol. The summed E-state index contributed by atoms with van der Waals surface area (Å²) < 4.78 is 33.5. The zero-order valence-corrected chi connectivity index (χ0v) is 10.4. The zero-order chi connectivity index (χ0) is 11.7. The van der Waals surface area contributed by atoms with E-state index in [2.05, 4.69) is 11.1 Å². The first-order chi connectivity index (χ1) is 6.95. The molecule has 0 saturated heterocycles.